The second-order valence-corrected chi connectivity index (χ2v) is 23.9. The van der Waals surface area contributed by atoms with Crippen molar-refractivity contribution in [3.05, 3.63) is 0 Å². The van der Waals surface area contributed by atoms with Crippen LogP contribution in [-0.2, 0) is 85.3 Å². The first-order valence-electron chi connectivity index (χ1n) is 29.7. The predicted molar refractivity (Wildman–Crippen MR) is 278 cm³/mol. The number of hydrogen-bond acceptors (Lipinski definition) is 42. The van der Waals surface area contributed by atoms with E-state index in [9.17, 15) is 132 Å². The van der Waals surface area contributed by atoms with E-state index in [0.29, 0.717) is 0 Å². The lowest BCUT2D eigenvalue weighted by molar-refractivity contribution is -0.402. The molecule has 546 valence electrons. The zero-order chi connectivity index (χ0) is 68.8. The Labute approximate surface area is 529 Å². The molecular weight excluding hydrogens is 1300 g/mol. The molecule has 0 amide bonds. The average Bonchev–Trinajstić information content (AvgIpc) is 0.777. The highest BCUT2D eigenvalue weighted by Gasteiger charge is 2.60. The normalized spacial score (nSPS) is 53.6. The monoisotopic (exact) mass is 1380 g/mol. The van der Waals surface area contributed by atoms with E-state index in [2.05, 4.69) is 0 Å². The number of carboxylic acid groups (broad SMARTS) is 1. The molecule has 9 fully saturated rings. The largest absolute Gasteiger partial charge is 0.477 e. The third-order valence-electron chi connectivity index (χ3n) is 17.7. The first-order valence-corrected chi connectivity index (χ1v) is 29.7. The van der Waals surface area contributed by atoms with Crippen LogP contribution in [0.5, 0.6) is 0 Å². The van der Waals surface area contributed by atoms with Gasteiger partial charge >= 0.3 is 5.97 Å². The van der Waals surface area contributed by atoms with Crippen LogP contribution in [0.3, 0.4) is 0 Å². The van der Waals surface area contributed by atoms with Crippen molar-refractivity contribution in [1.29, 1.82) is 0 Å². The van der Waals surface area contributed by atoms with Gasteiger partial charge in [0.2, 0.25) is 0 Å². The molecule has 43 nitrogen and oxygen atoms in total. The highest BCUT2D eigenvalue weighted by atomic mass is 16.8. The Morgan fingerprint density at radius 2 is 0.660 bits per heavy atom. The number of carbonyl (C=O) groups is 1. The molecular formula is C51H84O43. The van der Waals surface area contributed by atoms with E-state index < -0.39 is 310 Å². The quantitative estimate of drug-likeness (QED) is 0.0479. The summed E-state index contributed by atoms with van der Waals surface area (Å²) in [7, 11) is 0. The van der Waals surface area contributed by atoms with Crippen LogP contribution in [0.4, 0.5) is 0 Å². The Balaban J connectivity index is 0.793. The minimum absolute atomic E-state index is 0.518. The maximum absolute atomic E-state index is 11.7. The van der Waals surface area contributed by atoms with Gasteiger partial charge in [0.25, 0.3) is 5.79 Å². The van der Waals surface area contributed by atoms with Gasteiger partial charge in [-0.25, -0.2) is 4.79 Å². The molecule has 9 aliphatic rings. The minimum atomic E-state index is -2.25. The molecule has 0 aromatic rings. The van der Waals surface area contributed by atoms with Gasteiger partial charge in [0.05, 0.1) is 52.9 Å². The Hall–Kier alpha value is -2.17. The van der Waals surface area contributed by atoms with Gasteiger partial charge in [0.1, 0.15) is 195 Å². The number of carboxylic acids is 1. The molecule has 0 aromatic carbocycles. The molecule has 94 heavy (non-hydrogen) atoms. The molecule has 0 spiro atoms. The van der Waals surface area contributed by atoms with E-state index in [1.807, 2.05) is 0 Å². The number of fused-ring (bicyclic) bond motifs is 1. The molecule has 41 atom stereocenters. The van der Waals surface area contributed by atoms with E-state index in [4.69, 9.17) is 80.5 Å². The maximum atomic E-state index is 11.7. The molecule has 0 radical (unpaired) electrons. The molecule has 0 saturated carbocycles. The van der Waals surface area contributed by atoms with Crippen LogP contribution >= 0.6 is 0 Å². The summed E-state index contributed by atoms with van der Waals surface area (Å²) in [5.74, 6) is -3.81. The van der Waals surface area contributed by atoms with Crippen molar-refractivity contribution in [3.8, 4) is 0 Å². The van der Waals surface area contributed by atoms with Gasteiger partial charge in [-0.05, 0) is 0 Å². The Bertz CT molecular complexity index is 2370. The summed E-state index contributed by atoms with van der Waals surface area (Å²) >= 11 is 0. The van der Waals surface area contributed by atoms with Gasteiger partial charge in [0, 0.05) is 6.92 Å². The molecule has 25 N–H and O–H groups in total. The van der Waals surface area contributed by atoms with Crippen molar-refractivity contribution < 1.29 is 213 Å². The van der Waals surface area contributed by atoms with Crippen molar-refractivity contribution in [1.82, 2.24) is 0 Å². The fraction of sp³-hybridized carbons (Fsp3) is 0.980. The first kappa shape index (κ1) is 76.0. The highest BCUT2D eigenvalue weighted by Crippen LogP contribution is 2.39. The van der Waals surface area contributed by atoms with Crippen molar-refractivity contribution in [2.45, 2.75) is 258 Å². The zero-order valence-electron chi connectivity index (χ0n) is 49.3. The van der Waals surface area contributed by atoms with E-state index in [1.54, 1.807) is 0 Å². The van der Waals surface area contributed by atoms with Crippen LogP contribution in [-0.4, -0.2) is 438 Å². The molecule has 43 heteroatoms. The summed E-state index contributed by atoms with van der Waals surface area (Å²) in [6.07, 6.45) is -78.1. The van der Waals surface area contributed by atoms with Crippen LogP contribution in [0.25, 0.3) is 0 Å². The van der Waals surface area contributed by atoms with E-state index >= 15 is 0 Å². The molecule has 9 saturated heterocycles. The smallest absolute Gasteiger partial charge is 0.364 e. The molecule has 9 rings (SSSR count). The number of rotatable bonds is 22. The third kappa shape index (κ3) is 15.4. The second kappa shape index (κ2) is 31.8. The van der Waals surface area contributed by atoms with E-state index in [0.717, 1.165) is 6.92 Å². The van der Waals surface area contributed by atoms with Crippen LogP contribution in [0, 0.1) is 0 Å². The number of aliphatic hydroxyl groups excluding tert-OH is 24. The van der Waals surface area contributed by atoms with E-state index in [-0.39, 0.29) is 0 Å². The van der Waals surface area contributed by atoms with Crippen LogP contribution in [0.2, 0.25) is 0 Å². The number of ether oxygens (including phenoxy) is 17. The van der Waals surface area contributed by atoms with Gasteiger partial charge in [-0.2, -0.15) is 0 Å². The van der Waals surface area contributed by atoms with Crippen molar-refractivity contribution >= 4 is 5.97 Å². The number of aliphatic hydroxyl groups is 24. The Morgan fingerprint density at radius 3 is 1.11 bits per heavy atom. The van der Waals surface area contributed by atoms with Gasteiger partial charge in [0.15, 0.2) is 50.3 Å². The summed E-state index contributed by atoms with van der Waals surface area (Å²) in [5.41, 5.74) is 0. The Morgan fingerprint density at radius 1 is 0.340 bits per heavy atom. The van der Waals surface area contributed by atoms with Crippen LogP contribution < -0.4 is 0 Å². The summed E-state index contributed by atoms with van der Waals surface area (Å²) in [6, 6.07) is 0. The average molecular weight is 1390 g/mol. The van der Waals surface area contributed by atoms with Crippen molar-refractivity contribution in [2.75, 3.05) is 52.9 Å². The lowest BCUT2D eigenvalue weighted by atomic mass is 9.95. The molecule has 9 heterocycles. The summed E-state index contributed by atoms with van der Waals surface area (Å²) in [4.78, 5) is 11.7. The zero-order valence-corrected chi connectivity index (χ0v) is 49.3. The first-order chi connectivity index (χ1) is 44.4. The van der Waals surface area contributed by atoms with Gasteiger partial charge in [-0.1, -0.05) is 0 Å². The van der Waals surface area contributed by atoms with Crippen LogP contribution in [0.1, 0.15) is 6.92 Å². The second-order valence-electron chi connectivity index (χ2n) is 23.9. The summed E-state index contributed by atoms with van der Waals surface area (Å²) < 4.78 is 94.4. The molecule has 0 bridgehead atoms. The highest BCUT2D eigenvalue weighted by molar-refractivity contribution is 5.75. The SMILES string of the molecule is CC1(C(=O)O)OC[C@H]2O[C@@H](O[C@@H]3[C@@H](O)[C@H](O[C@@H]4[C@@H](O)[C@H](OC[C@H]5O[C@@H](OC[C@H]6O[C@@H](O[C@H]7[C@H](O)[C@@H](O)[C@H](O[C@H]8[C@H](O)[C@@H](O)[C@H](O[C@H]9[C@@H](O)[C@@H](CO)OC(O)[C@@H]9O)O[C@@H]8CO)O[C@@H]7CO)[C@H](O)[C@@H](O)[C@@H]6O)[C@H](O)[C@@H](O)[C@@H]5O)O[C@H](CO)[C@H]4O)O[C@H](CO)[C@H]3O)[C@H](O)[C@@H](O)[C@@H]2O1. The fourth-order valence-electron chi connectivity index (χ4n) is 12.0. The molecule has 0 aliphatic carbocycles. The lowest BCUT2D eigenvalue weighted by Crippen LogP contribution is -2.69. The molecule has 9 aliphatic heterocycles. The van der Waals surface area contributed by atoms with Crippen molar-refractivity contribution in [3.63, 3.8) is 0 Å². The summed E-state index contributed by atoms with van der Waals surface area (Å²) in [5, 5.41) is 269. The van der Waals surface area contributed by atoms with E-state index in [1.165, 1.54) is 0 Å². The maximum Gasteiger partial charge on any atom is 0.364 e. The molecule has 2 unspecified atom stereocenters. The van der Waals surface area contributed by atoms with Crippen molar-refractivity contribution in [2.24, 2.45) is 0 Å². The predicted octanol–water partition coefficient (Wildman–Crippen LogP) is -17.6. The topological polar surface area (TPSA) is 680 Å². The van der Waals surface area contributed by atoms with Gasteiger partial charge in [-0.3, -0.25) is 0 Å². The van der Waals surface area contributed by atoms with Gasteiger partial charge in [-0.15, -0.1) is 0 Å². The fourth-order valence-corrected chi connectivity index (χ4v) is 12.0. The minimum Gasteiger partial charge on any atom is -0.477 e. The number of aliphatic carboxylic acids is 1. The number of hydrogen-bond donors (Lipinski definition) is 25. The molecule has 0 aromatic heterocycles. The van der Waals surface area contributed by atoms with Crippen LogP contribution in [0.15, 0.2) is 0 Å². The summed E-state index contributed by atoms with van der Waals surface area (Å²) in [6.45, 7) is -6.33. The lowest BCUT2D eigenvalue weighted by Gasteiger charge is -2.50. The standard InChI is InChI=1S/C51H84O43/c1-51(50(76)77)80-9-17-38(94-51)27(66)32(71)48(88-17)92-41-22(61)12(4-54)83-49(35(41)74)93-40-21(60)11(3-53)82-44(34(40)73)79-7-15-18(57)23(62)28(67)43(86-15)78-8-16-19(58)24(63)29(68)45(87-16)89-36-13(5-55)84-46(30(69)25(36)64)90-37-14(6-56)85-47(31(70)26(37)65)91-39-20(59)10(2-52)81-42(75)33(39)72/h10-49,52-75H,2-9H2,1H3,(H,76,77)/t10-,11-,12-,13-,14-,15-,16-,17-,18-,19-,20+,21-,22-,23+,24+,25-,26-,27-,28-,29-,30-,31-,32-,33-,34-,35-,36-,37-,38-,39+,40+,41+,42?,43-,44-,45+,46+,47+,48+,49+,51?/m1/s1. The third-order valence-corrected chi connectivity index (χ3v) is 17.7. The van der Waals surface area contributed by atoms with Gasteiger partial charge < -0.3 is 208 Å². The Kier molecular flexibility index (Phi) is 25.7.